The molecule has 0 fully saturated rings. The molecule has 0 amide bonds. The van der Waals surface area contributed by atoms with Crippen molar-refractivity contribution in [3.05, 3.63) is 0 Å². The predicted molar refractivity (Wildman–Crippen MR) is 69.4 cm³/mol. The average Bonchev–Trinajstić information content (AvgIpc) is 2.22. The zero-order valence-corrected chi connectivity index (χ0v) is 10.9. The van der Waals surface area contributed by atoms with Crippen LogP contribution in [0.1, 0.15) is 58.8 Å². The molecule has 0 heterocycles. The minimum Gasteiger partial charge on any atom is -0.318 e. The summed E-state index contributed by atoms with van der Waals surface area (Å²) in [6, 6.07) is 0.607. The minimum atomic E-state index is 0.607. The van der Waals surface area contributed by atoms with Crippen molar-refractivity contribution in [2.45, 2.75) is 64.8 Å². The van der Waals surface area contributed by atoms with E-state index in [9.17, 15) is 0 Å². The van der Waals surface area contributed by atoms with Crippen LogP contribution in [-0.2, 0) is 0 Å². The SMILES string of the molecule is CCCCCCCCCNC(C)CNC. The van der Waals surface area contributed by atoms with E-state index < -0.39 is 0 Å². The van der Waals surface area contributed by atoms with Gasteiger partial charge in [-0.1, -0.05) is 45.4 Å². The molecule has 1 unspecified atom stereocenters. The van der Waals surface area contributed by atoms with Gasteiger partial charge in [0.1, 0.15) is 0 Å². The smallest absolute Gasteiger partial charge is 0.0164 e. The Morgan fingerprint density at radius 3 is 2.13 bits per heavy atom. The van der Waals surface area contributed by atoms with Crippen LogP contribution in [0.5, 0.6) is 0 Å². The summed E-state index contributed by atoms with van der Waals surface area (Å²) < 4.78 is 0. The maximum Gasteiger partial charge on any atom is 0.0164 e. The third-order valence-corrected chi connectivity index (χ3v) is 2.78. The van der Waals surface area contributed by atoms with Crippen molar-refractivity contribution in [1.82, 2.24) is 10.6 Å². The van der Waals surface area contributed by atoms with Gasteiger partial charge >= 0.3 is 0 Å². The number of nitrogens with one attached hydrogen (secondary N) is 2. The van der Waals surface area contributed by atoms with Crippen molar-refractivity contribution in [2.75, 3.05) is 20.1 Å². The topological polar surface area (TPSA) is 24.1 Å². The first-order valence-corrected chi connectivity index (χ1v) is 6.69. The summed E-state index contributed by atoms with van der Waals surface area (Å²) in [5.41, 5.74) is 0. The first kappa shape index (κ1) is 14.9. The van der Waals surface area contributed by atoms with Gasteiger partial charge in [0.05, 0.1) is 0 Å². The zero-order chi connectivity index (χ0) is 11.4. The second-order valence-electron chi connectivity index (χ2n) is 4.53. The molecule has 92 valence electrons. The second kappa shape index (κ2) is 12.0. The Hall–Kier alpha value is -0.0800. The second-order valence-corrected chi connectivity index (χ2v) is 4.53. The third-order valence-electron chi connectivity index (χ3n) is 2.78. The highest BCUT2D eigenvalue weighted by atomic mass is 15.0. The van der Waals surface area contributed by atoms with Crippen LogP contribution in [0.4, 0.5) is 0 Å². The molecule has 0 bridgehead atoms. The predicted octanol–water partition coefficient (Wildman–Crippen LogP) is 2.93. The molecule has 0 aliphatic heterocycles. The molecule has 15 heavy (non-hydrogen) atoms. The Labute approximate surface area is 96.2 Å². The summed E-state index contributed by atoms with van der Waals surface area (Å²) in [4.78, 5) is 0. The van der Waals surface area contributed by atoms with Crippen LogP contribution >= 0.6 is 0 Å². The maximum atomic E-state index is 3.52. The molecular weight excluding hydrogens is 184 g/mol. The summed E-state index contributed by atoms with van der Waals surface area (Å²) in [7, 11) is 2.01. The molecule has 2 heteroatoms. The van der Waals surface area contributed by atoms with E-state index >= 15 is 0 Å². The van der Waals surface area contributed by atoms with Crippen molar-refractivity contribution in [1.29, 1.82) is 0 Å². The minimum absolute atomic E-state index is 0.607. The molecule has 0 rings (SSSR count). The Bertz CT molecular complexity index is 115. The standard InChI is InChI=1S/C13H30N2/c1-4-5-6-7-8-9-10-11-15-13(2)12-14-3/h13-15H,4-12H2,1-3H3. The number of unbranched alkanes of at least 4 members (excludes halogenated alkanes) is 6. The largest absolute Gasteiger partial charge is 0.318 e. The van der Waals surface area contributed by atoms with Gasteiger partial charge in [-0.15, -0.1) is 0 Å². The quantitative estimate of drug-likeness (QED) is 0.517. The van der Waals surface area contributed by atoms with E-state index in [0.29, 0.717) is 6.04 Å². The lowest BCUT2D eigenvalue weighted by Gasteiger charge is -2.12. The summed E-state index contributed by atoms with van der Waals surface area (Å²) in [6.45, 7) is 6.75. The van der Waals surface area contributed by atoms with Crippen LogP contribution in [0.2, 0.25) is 0 Å². The van der Waals surface area contributed by atoms with E-state index in [0.717, 1.165) is 6.54 Å². The monoisotopic (exact) mass is 214 g/mol. The molecule has 0 aromatic rings. The normalized spacial score (nSPS) is 13.0. The lowest BCUT2D eigenvalue weighted by Crippen LogP contribution is -2.35. The summed E-state index contributed by atoms with van der Waals surface area (Å²) in [6.07, 6.45) is 9.77. The van der Waals surface area contributed by atoms with Gasteiger partial charge in [0.25, 0.3) is 0 Å². The molecule has 0 saturated heterocycles. The fraction of sp³-hybridized carbons (Fsp3) is 1.00. The molecule has 2 N–H and O–H groups in total. The van der Waals surface area contributed by atoms with Crippen LogP contribution in [0.3, 0.4) is 0 Å². The molecule has 0 saturated carbocycles. The Morgan fingerprint density at radius 2 is 1.53 bits per heavy atom. The summed E-state index contributed by atoms with van der Waals surface area (Å²) in [5, 5.41) is 6.70. The van der Waals surface area contributed by atoms with Crippen LogP contribution in [0.15, 0.2) is 0 Å². The lowest BCUT2D eigenvalue weighted by molar-refractivity contribution is 0.497. The Kier molecular flexibility index (Phi) is 11.9. The van der Waals surface area contributed by atoms with Crippen LogP contribution in [0.25, 0.3) is 0 Å². The Balaban J connectivity index is 2.98. The number of rotatable bonds is 11. The lowest BCUT2D eigenvalue weighted by atomic mass is 10.1. The summed E-state index contributed by atoms with van der Waals surface area (Å²) >= 11 is 0. The van der Waals surface area contributed by atoms with E-state index in [4.69, 9.17) is 0 Å². The van der Waals surface area contributed by atoms with Crippen LogP contribution in [-0.4, -0.2) is 26.2 Å². The van der Waals surface area contributed by atoms with E-state index in [2.05, 4.69) is 24.5 Å². The van der Waals surface area contributed by atoms with Crippen LogP contribution in [0, 0.1) is 0 Å². The van der Waals surface area contributed by atoms with Gasteiger partial charge in [0, 0.05) is 12.6 Å². The van der Waals surface area contributed by atoms with Gasteiger partial charge in [-0.05, 0) is 26.9 Å². The third kappa shape index (κ3) is 11.8. The van der Waals surface area contributed by atoms with E-state index in [1.54, 1.807) is 0 Å². The number of hydrogen-bond donors (Lipinski definition) is 2. The zero-order valence-electron chi connectivity index (χ0n) is 10.9. The molecule has 0 aromatic heterocycles. The van der Waals surface area contributed by atoms with Crippen molar-refractivity contribution >= 4 is 0 Å². The first-order chi connectivity index (χ1) is 7.31. The van der Waals surface area contributed by atoms with Crippen molar-refractivity contribution < 1.29 is 0 Å². The van der Waals surface area contributed by atoms with E-state index in [-0.39, 0.29) is 0 Å². The molecular formula is C13H30N2. The van der Waals surface area contributed by atoms with Crippen molar-refractivity contribution in [3.8, 4) is 0 Å². The molecule has 2 nitrogen and oxygen atoms in total. The van der Waals surface area contributed by atoms with E-state index in [1.807, 2.05) is 7.05 Å². The Morgan fingerprint density at radius 1 is 0.933 bits per heavy atom. The first-order valence-electron chi connectivity index (χ1n) is 6.69. The van der Waals surface area contributed by atoms with Gasteiger partial charge in [0.2, 0.25) is 0 Å². The van der Waals surface area contributed by atoms with Crippen molar-refractivity contribution in [3.63, 3.8) is 0 Å². The number of likely N-dealkylation sites (N-methyl/N-ethyl adjacent to an activating group) is 1. The highest BCUT2D eigenvalue weighted by Gasteiger charge is 1.97. The molecule has 0 spiro atoms. The van der Waals surface area contributed by atoms with Gasteiger partial charge < -0.3 is 10.6 Å². The van der Waals surface area contributed by atoms with Gasteiger partial charge in [0.15, 0.2) is 0 Å². The highest BCUT2D eigenvalue weighted by molar-refractivity contribution is 4.61. The van der Waals surface area contributed by atoms with Gasteiger partial charge in [-0.3, -0.25) is 0 Å². The molecule has 1 atom stereocenters. The fourth-order valence-corrected chi connectivity index (χ4v) is 1.81. The molecule has 0 aromatic carbocycles. The van der Waals surface area contributed by atoms with Crippen LogP contribution < -0.4 is 10.6 Å². The number of hydrogen-bond acceptors (Lipinski definition) is 2. The average molecular weight is 214 g/mol. The fourth-order valence-electron chi connectivity index (χ4n) is 1.81. The maximum absolute atomic E-state index is 3.52. The molecule has 0 aliphatic carbocycles. The van der Waals surface area contributed by atoms with Crippen molar-refractivity contribution in [2.24, 2.45) is 0 Å². The van der Waals surface area contributed by atoms with Gasteiger partial charge in [-0.2, -0.15) is 0 Å². The highest BCUT2D eigenvalue weighted by Crippen LogP contribution is 2.06. The molecule has 0 aliphatic rings. The van der Waals surface area contributed by atoms with Gasteiger partial charge in [-0.25, -0.2) is 0 Å². The summed E-state index contributed by atoms with van der Waals surface area (Å²) in [5.74, 6) is 0. The van der Waals surface area contributed by atoms with E-state index in [1.165, 1.54) is 51.5 Å². The molecule has 0 radical (unpaired) electrons.